The Kier molecular flexibility index (Phi) is 4.25. The Hall–Kier alpha value is -0.0800. The zero-order valence-electron chi connectivity index (χ0n) is 12.0. The van der Waals surface area contributed by atoms with E-state index in [9.17, 15) is 0 Å². The molecule has 1 aliphatic heterocycles. The van der Waals surface area contributed by atoms with E-state index in [2.05, 4.69) is 17.6 Å². The van der Waals surface area contributed by atoms with Crippen LogP contribution in [-0.4, -0.2) is 25.2 Å². The number of nitrogens with one attached hydrogen (secondary N) is 2. The van der Waals surface area contributed by atoms with Crippen molar-refractivity contribution in [2.24, 2.45) is 17.8 Å². The standard InChI is InChI=1S/C16H30N2/c1-12(13-6-7-13)10-17-11-15-9-8-14-4-2-3-5-16(14)18-15/h12-18H,2-11H2,1H3. The molecule has 104 valence electrons. The molecule has 4 atom stereocenters. The maximum absolute atomic E-state index is 3.91. The molecule has 1 heterocycles. The lowest BCUT2D eigenvalue weighted by Gasteiger charge is -2.40. The van der Waals surface area contributed by atoms with E-state index < -0.39 is 0 Å². The highest BCUT2D eigenvalue weighted by atomic mass is 15.0. The summed E-state index contributed by atoms with van der Waals surface area (Å²) in [6.45, 7) is 4.84. The Bertz CT molecular complexity index is 262. The Morgan fingerprint density at radius 1 is 1.06 bits per heavy atom. The molecule has 0 aromatic heterocycles. The fraction of sp³-hybridized carbons (Fsp3) is 1.00. The van der Waals surface area contributed by atoms with Gasteiger partial charge in [-0.2, -0.15) is 0 Å². The van der Waals surface area contributed by atoms with Crippen molar-refractivity contribution in [3.05, 3.63) is 0 Å². The summed E-state index contributed by atoms with van der Waals surface area (Å²) in [6, 6.07) is 1.59. The van der Waals surface area contributed by atoms with Crippen LogP contribution in [0, 0.1) is 17.8 Å². The molecule has 4 unspecified atom stereocenters. The zero-order chi connectivity index (χ0) is 12.4. The first-order chi connectivity index (χ1) is 8.83. The normalized spacial score (nSPS) is 38.2. The van der Waals surface area contributed by atoms with Crippen LogP contribution < -0.4 is 10.6 Å². The minimum Gasteiger partial charge on any atom is -0.315 e. The van der Waals surface area contributed by atoms with Gasteiger partial charge in [0, 0.05) is 18.6 Å². The van der Waals surface area contributed by atoms with Crippen LogP contribution in [0.4, 0.5) is 0 Å². The second kappa shape index (κ2) is 5.92. The van der Waals surface area contributed by atoms with E-state index in [1.54, 1.807) is 0 Å². The van der Waals surface area contributed by atoms with E-state index in [4.69, 9.17) is 0 Å². The summed E-state index contributed by atoms with van der Waals surface area (Å²) < 4.78 is 0. The SMILES string of the molecule is CC(CNCC1CCC2CCCCC2N1)C1CC1. The van der Waals surface area contributed by atoms with Crippen molar-refractivity contribution >= 4 is 0 Å². The van der Waals surface area contributed by atoms with Crippen molar-refractivity contribution < 1.29 is 0 Å². The average molecular weight is 250 g/mol. The topological polar surface area (TPSA) is 24.1 Å². The average Bonchev–Trinajstić information content (AvgIpc) is 3.23. The van der Waals surface area contributed by atoms with Gasteiger partial charge >= 0.3 is 0 Å². The fourth-order valence-electron chi connectivity index (χ4n) is 4.05. The number of rotatable bonds is 5. The Balaban J connectivity index is 1.35. The van der Waals surface area contributed by atoms with E-state index in [0.29, 0.717) is 0 Å². The molecule has 2 saturated carbocycles. The highest BCUT2D eigenvalue weighted by Crippen LogP contribution is 2.36. The van der Waals surface area contributed by atoms with Crippen molar-refractivity contribution in [2.75, 3.05) is 13.1 Å². The van der Waals surface area contributed by atoms with Crippen LogP contribution in [0.25, 0.3) is 0 Å². The summed E-state index contributed by atoms with van der Waals surface area (Å²) in [4.78, 5) is 0. The van der Waals surface area contributed by atoms with E-state index >= 15 is 0 Å². The van der Waals surface area contributed by atoms with Crippen molar-refractivity contribution in [2.45, 2.75) is 70.4 Å². The van der Waals surface area contributed by atoms with Gasteiger partial charge in [-0.3, -0.25) is 0 Å². The van der Waals surface area contributed by atoms with Gasteiger partial charge in [0.15, 0.2) is 0 Å². The molecule has 2 nitrogen and oxygen atoms in total. The first-order valence-electron chi connectivity index (χ1n) is 8.29. The molecule has 2 aliphatic carbocycles. The van der Waals surface area contributed by atoms with Crippen LogP contribution in [0.5, 0.6) is 0 Å². The molecule has 3 rings (SSSR count). The largest absolute Gasteiger partial charge is 0.315 e. The van der Waals surface area contributed by atoms with Gasteiger partial charge in [-0.1, -0.05) is 19.8 Å². The third kappa shape index (κ3) is 3.27. The van der Waals surface area contributed by atoms with E-state index in [0.717, 1.165) is 29.8 Å². The second-order valence-corrected chi connectivity index (χ2v) is 7.06. The highest BCUT2D eigenvalue weighted by molar-refractivity contribution is 4.90. The van der Waals surface area contributed by atoms with E-state index in [1.165, 1.54) is 64.5 Å². The Morgan fingerprint density at radius 2 is 1.89 bits per heavy atom. The number of hydrogen-bond acceptors (Lipinski definition) is 2. The Morgan fingerprint density at radius 3 is 2.72 bits per heavy atom. The summed E-state index contributed by atoms with van der Waals surface area (Å²) in [7, 11) is 0. The molecule has 0 aromatic rings. The minimum atomic E-state index is 0.746. The van der Waals surface area contributed by atoms with Gasteiger partial charge in [0.2, 0.25) is 0 Å². The van der Waals surface area contributed by atoms with Crippen LogP contribution >= 0.6 is 0 Å². The lowest BCUT2D eigenvalue weighted by atomic mass is 9.78. The van der Waals surface area contributed by atoms with Crippen molar-refractivity contribution in [3.8, 4) is 0 Å². The van der Waals surface area contributed by atoms with Crippen LogP contribution in [0.15, 0.2) is 0 Å². The molecule has 2 N–H and O–H groups in total. The van der Waals surface area contributed by atoms with Gasteiger partial charge in [-0.05, 0) is 62.8 Å². The van der Waals surface area contributed by atoms with Gasteiger partial charge in [0.25, 0.3) is 0 Å². The summed E-state index contributed by atoms with van der Waals surface area (Å²) in [5.74, 6) is 2.94. The van der Waals surface area contributed by atoms with Crippen molar-refractivity contribution in [1.29, 1.82) is 0 Å². The molecule has 2 heteroatoms. The molecule has 0 bridgehead atoms. The minimum absolute atomic E-state index is 0.746. The van der Waals surface area contributed by atoms with Crippen molar-refractivity contribution in [1.82, 2.24) is 10.6 Å². The predicted octanol–water partition coefficient (Wildman–Crippen LogP) is 2.93. The van der Waals surface area contributed by atoms with Gasteiger partial charge in [0.05, 0.1) is 0 Å². The van der Waals surface area contributed by atoms with E-state index in [1.807, 2.05) is 0 Å². The van der Waals surface area contributed by atoms with Crippen molar-refractivity contribution in [3.63, 3.8) is 0 Å². The Labute approximate surface area is 112 Å². The molecule has 0 amide bonds. The van der Waals surface area contributed by atoms with Gasteiger partial charge in [-0.15, -0.1) is 0 Å². The van der Waals surface area contributed by atoms with Gasteiger partial charge in [-0.25, -0.2) is 0 Å². The molecule has 1 saturated heterocycles. The lowest BCUT2D eigenvalue weighted by molar-refractivity contribution is 0.173. The first-order valence-corrected chi connectivity index (χ1v) is 8.29. The summed E-state index contributed by atoms with van der Waals surface area (Å²) in [5.41, 5.74) is 0. The zero-order valence-corrected chi connectivity index (χ0v) is 12.0. The van der Waals surface area contributed by atoms with Crippen LogP contribution in [0.2, 0.25) is 0 Å². The number of piperidine rings is 1. The van der Waals surface area contributed by atoms with Crippen LogP contribution in [0.3, 0.4) is 0 Å². The predicted molar refractivity (Wildman–Crippen MR) is 76.7 cm³/mol. The molecule has 0 radical (unpaired) electrons. The highest BCUT2D eigenvalue weighted by Gasteiger charge is 2.31. The first kappa shape index (κ1) is 12.9. The monoisotopic (exact) mass is 250 g/mol. The molecule has 0 aromatic carbocycles. The summed E-state index contributed by atoms with van der Waals surface area (Å²) in [5, 5.41) is 7.62. The fourth-order valence-corrected chi connectivity index (χ4v) is 4.05. The van der Waals surface area contributed by atoms with Crippen LogP contribution in [-0.2, 0) is 0 Å². The van der Waals surface area contributed by atoms with Gasteiger partial charge < -0.3 is 10.6 Å². The maximum Gasteiger partial charge on any atom is 0.0195 e. The molecule has 18 heavy (non-hydrogen) atoms. The molecule has 3 fully saturated rings. The number of hydrogen-bond donors (Lipinski definition) is 2. The molecular weight excluding hydrogens is 220 g/mol. The quantitative estimate of drug-likeness (QED) is 0.784. The van der Waals surface area contributed by atoms with Gasteiger partial charge in [0.1, 0.15) is 0 Å². The number of fused-ring (bicyclic) bond motifs is 1. The summed E-state index contributed by atoms with van der Waals surface area (Å²) in [6.07, 6.45) is 11.7. The summed E-state index contributed by atoms with van der Waals surface area (Å²) >= 11 is 0. The van der Waals surface area contributed by atoms with E-state index in [-0.39, 0.29) is 0 Å². The smallest absolute Gasteiger partial charge is 0.0195 e. The molecular formula is C16H30N2. The molecule has 0 spiro atoms. The van der Waals surface area contributed by atoms with Crippen LogP contribution in [0.1, 0.15) is 58.3 Å². The third-order valence-corrected chi connectivity index (χ3v) is 5.53. The second-order valence-electron chi connectivity index (χ2n) is 7.06. The molecule has 3 aliphatic rings. The maximum atomic E-state index is 3.91. The lowest BCUT2D eigenvalue weighted by Crippen LogP contribution is -2.52. The third-order valence-electron chi connectivity index (χ3n) is 5.53.